The second kappa shape index (κ2) is 8.95. The molecule has 162 valence electrons. The van der Waals surface area contributed by atoms with Crippen LogP contribution in [0.25, 0.3) is 0 Å². The summed E-state index contributed by atoms with van der Waals surface area (Å²) in [5, 5.41) is 2.64. The summed E-state index contributed by atoms with van der Waals surface area (Å²) in [6.45, 7) is 6.43. The SMILES string of the molecule is Cc1ccc(O[C@H](C)C(=O)Nc2cc(C(F)(F)F)ccc2N2CCN(C)CC2)cc1. The number of likely N-dealkylation sites (N-methyl/N-ethyl adjacent to an activating group) is 1. The number of anilines is 2. The molecule has 1 saturated heterocycles. The van der Waals surface area contributed by atoms with E-state index in [4.69, 9.17) is 4.74 Å². The third-order valence-corrected chi connectivity index (χ3v) is 5.13. The first-order chi connectivity index (χ1) is 14.1. The summed E-state index contributed by atoms with van der Waals surface area (Å²) < 4.78 is 45.4. The molecule has 1 fully saturated rings. The van der Waals surface area contributed by atoms with Gasteiger partial charge in [-0.2, -0.15) is 13.2 Å². The summed E-state index contributed by atoms with van der Waals surface area (Å²) in [5.74, 6) is 0.0110. The largest absolute Gasteiger partial charge is 0.481 e. The van der Waals surface area contributed by atoms with E-state index in [1.165, 1.54) is 6.07 Å². The lowest BCUT2D eigenvalue weighted by molar-refractivity contribution is -0.137. The van der Waals surface area contributed by atoms with Crippen LogP contribution in [0.4, 0.5) is 24.5 Å². The first-order valence-corrected chi connectivity index (χ1v) is 9.82. The number of halogens is 3. The van der Waals surface area contributed by atoms with E-state index in [1.807, 2.05) is 31.0 Å². The van der Waals surface area contributed by atoms with Gasteiger partial charge < -0.3 is 19.9 Å². The Bertz CT molecular complexity index is 876. The third-order valence-electron chi connectivity index (χ3n) is 5.13. The number of amides is 1. The van der Waals surface area contributed by atoms with Crippen LogP contribution in [-0.4, -0.2) is 50.1 Å². The van der Waals surface area contributed by atoms with Crippen LogP contribution in [0, 0.1) is 6.92 Å². The molecule has 0 radical (unpaired) electrons. The zero-order valence-corrected chi connectivity index (χ0v) is 17.3. The number of rotatable bonds is 5. The zero-order valence-electron chi connectivity index (χ0n) is 17.3. The molecular weight excluding hydrogens is 395 g/mol. The number of hydrogen-bond donors (Lipinski definition) is 1. The van der Waals surface area contributed by atoms with Crippen LogP contribution in [0.15, 0.2) is 42.5 Å². The fourth-order valence-electron chi connectivity index (χ4n) is 3.24. The highest BCUT2D eigenvalue weighted by molar-refractivity contribution is 5.97. The number of benzene rings is 2. The van der Waals surface area contributed by atoms with E-state index in [-0.39, 0.29) is 5.69 Å². The minimum atomic E-state index is -4.50. The van der Waals surface area contributed by atoms with Gasteiger partial charge in [0.15, 0.2) is 6.10 Å². The van der Waals surface area contributed by atoms with Crippen LogP contribution in [0.2, 0.25) is 0 Å². The molecule has 1 atom stereocenters. The molecule has 1 aliphatic heterocycles. The number of hydrogen-bond acceptors (Lipinski definition) is 4. The number of nitrogens with one attached hydrogen (secondary N) is 1. The maximum Gasteiger partial charge on any atom is 0.416 e. The number of aryl methyl sites for hydroxylation is 1. The Morgan fingerprint density at radius 1 is 1.07 bits per heavy atom. The Morgan fingerprint density at radius 3 is 2.30 bits per heavy atom. The minimum absolute atomic E-state index is 0.138. The van der Waals surface area contributed by atoms with Crippen molar-refractivity contribution in [3.8, 4) is 5.75 Å². The van der Waals surface area contributed by atoms with E-state index in [0.717, 1.165) is 30.8 Å². The van der Waals surface area contributed by atoms with Crippen LogP contribution < -0.4 is 15.0 Å². The van der Waals surface area contributed by atoms with E-state index in [0.29, 0.717) is 24.5 Å². The van der Waals surface area contributed by atoms with Crippen LogP contribution in [0.5, 0.6) is 5.75 Å². The fraction of sp³-hybridized carbons (Fsp3) is 0.409. The molecule has 1 heterocycles. The summed E-state index contributed by atoms with van der Waals surface area (Å²) in [6, 6.07) is 10.7. The highest BCUT2D eigenvalue weighted by Gasteiger charge is 2.32. The van der Waals surface area contributed by atoms with E-state index >= 15 is 0 Å². The molecule has 0 spiro atoms. The van der Waals surface area contributed by atoms with Crippen LogP contribution in [0.1, 0.15) is 18.1 Å². The second-order valence-electron chi connectivity index (χ2n) is 7.58. The average molecular weight is 421 g/mol. The van der Waals surface area contributed by atoms with E-state index in [1.54, 1.807) is 19.1 Å². The standard InChI is InChI=1S/C22H26F3N3O2/c1-15-4-7-18(8-5-15)30-16(2)21(29)26-19-14-17(22(23,24)25)6-9-20(19)28-12-10-27(3)11-13-28/h4-9,14,16H,10-13H2,1-3H3,(H,26,29)/t16-/m1/s1. The van der Waals surface area contributed by atoms with E-state index < -0.39 is 23.8 Å². The maximum absolute atomic E-state index is 13.3. The lowest BCUT2D eigenvalue weighted by atomic mass is 10.1. The topological polar surface area (TPSA) is 44.8 Å². The first kappa shape index (κ1) is 22.0. The van der Waals surface area contributed by atoms with E-state index in [2.05, 4.69) is 10.2 Å². The summed E-state index contributed by atoms with van der Waals surface area (Å²) in [4.78, 5) is 16.8. The second-order valence-corrected chi connectivity index (χ2v) is 7.58. The maximum atomic E-state index is 13.3. The molecule has 1 amide bonds. The Hall–Kier alpha value is -2.74. The quantitative estimate of drug-likeness (QED) is 0.787. The first-order valence-electron chi connectivity index (χ1n) is 9.82. The Kier molecular flexibility index (Phi) is 6.55. The van der Waals surface area contributed by atoms with Gasteiger partial charge in [-0.1, -0.05) is 17.7 Å². The van der Waals surface area contributed by atoms with Crippen molar-refractivity contribution >= 4 is 17.3 Å². The summed E-state index contributed by atoms with van der Waals surface area (Å²) in [5.41, 5.74) is 0.966. The van der Waals surface area contributed by atoms with Crippen molar-refractivity contribution in [2.24, 2.45) is 0 Å². The van der Waals surface area contributed by atoms with Crippen LogP contribution in [-0.2, 0) is 11.0 Å². The van der Waals surface area contributed by atoms with Crippen LogP contribution >= 0.6 is 0 Å². The van der Waals surface area contributed by atoms with E-state index in [9.17, 15) is 18.0 Å². The molecule has 8 heteroatoms. The smallest absolute Gasteiger partial charge is 0.416 e. The molecular formula is C22H26F3N3O2. The highest BCUT2D eigenvalue weighted by atomic mass is 19.4. The minimum Gasteiger partial charge on any atom is -0.481 e. The van der Waals surface area contributed by atoms with Gasteiger partial charge in [0, 0.05) is 26.2 Å². The Balaban J connectivity index is 1.80. The Labute approximate surface area is 174 Å². The molecule has 3 rings (SSSR count). The zero-order chi connectivity index (χ0) is 21.9. The predicted octanol–water partition coefficient (Wildman–Crippen LogP) is 4.17. The lowest BCUT2D eigenvalue weighted by Crippen LogP contribution is -2.45. The fourth-order valence-corrected chi connectivity index (χ4v) is 3.24. The van der Waals surface area contributed by atoms with Gasteiger partial charge >= 0.3 is 6.18 Å². The normalized spacial score (nSPS) is 16.3. The predicted molar refractivity (Wildman–Crippen MR) is 111 cm³/mol. The molecule has 5 nitrogen and oxygen atoms in total. The summed E-state index contributed by atoms with van der Waals surface area (Å²) in [6.07, 6.45) is -5.37. The highest BCUT2D eigenvalue weighted by Crippen LogP contribution is 2.36. The van der Waals surface area contributed by atoms with Gasteiger partial charge in [0.1, 0.15) is 5.75 Å². The van der Waals surface area contributed by atoms with Gasteiger partial charge in [-0.25, -0.2) is 0 Å². The number of carbonyl (C=O) groups is 1. The molecule has 0 aromatic heterocycles. The molecule has 0 aliphatic carbocycles. The molecule has 1 aliphatic rings. The van der Waals surface area contributed by atoms with Gasteiger partial charge in [-0.05, 0) is 51.2 Å². The van der Waals surface area contributed by atoms with Crippen molar-refractivity contribution < 1.29 is 22.7 Å². The number of carbonyl (C=O) groups excluding carboxylic acids is 1. The molecule has 2 aromatic rings. The molecule has 0 bridgehead atoms. The van der Waals surface area contributed by atoms with Crippen molar-refractivity contribution in [1.29, 1.82) is 0 Å². The van der Waals surface area contributed by atoms with Gasteiger partial charge in [-0.15, -0.1) is 0 Å². The van der Waals surface area contributed by atoms with Crippen LogP contribution in [0.3, 0.4) is 0 Å². The third kappa shape index (κ3) is 5.44. The average Bonchev–Trinajstić information content (AvgIpc) is 2.69. The lowest BCUT2D eigenvalue weighted by Gasteiger charge is -2.35. The monoisotopic (exact) mass is 421 g/mol. The summed E-state index contributed by atoms with van der Waals surface area (Å²) >= 11 is 0. The van der Waals surface area contributed by atoms with Gasteiger partial charge in [0.25, 0.3) is 5.91 Å². The summed E-state index contributed by atoms with van der Waals surface area (Å²) in [7, 11) is 2.00. The number of nitrogens with zero attached hydrogens (tertiary/aromatic N) is 2. The number of ether oxygens (including phenoxy) is 1. The molecule has 0 saturated carbocycles. The van der Waals surface area contributed by atoms with Gasteiger partial charge in [0.2, 0.25) is 0 Å². The van der Waals surface area contributed by atoms with Crippen molar-refractivity contribution in [3.63, 3.8) is 0 Å². The van der Waals surface area contributed by atoms with Crippen molar-refractivity contribution in [1.82, 2.24) is 4.90 Å². The van der Waals surface area contributed by atoms with Gasteiger partial charge in [-0.3, -0.25) is 4.79 Å². The molecule has 30 heavy (non-hydrogen) atoms. The molecule has 0 unspecified atom stereocenters. The van der Waals surface area contributed by atoms with Crippen molar-refractivity contribution in [2.45, 2.75) is 26.1 Å². The van der Waals surface area contributed by atoms with Crippen molar-refractivity contribution in [3.05, 3.63) is 53.6 Å². The molecule has 1 N–H and O–H groups in total. The number of alkyl halides is 3. The molecule has 2 aromatic carbocycles. The van der Waals surface area contributed by atoms with Gasteiger partial charge in [0.05, 0.1) is 16.9 Å². The Morgan fingerprint density at radius 2 is 1.70 bits per heavy atom. The number of piperazine rings is 1. The van der Waals surface area contributed by atoms with Crippen molar-refractivity contribution in [2.75, 3.05) is 43.4 Å².